The lowest BCUT2D eigenvalue weighted by molar-refractivity contribution is 0.0935. The van der Waals surface area contributed by atoms with Crippen LogP contribution >= 0.6 is 0 Å². The van der Waals surface area contributed by atoms with Crippen LogP contribution in [-0.4, -0.2) is 78.4 Å². The van der Waals surface area contributed by atoms with Crippen molar-refractivity contribution in [3.63, 3.8) is 0 Å². The van der Waals surface area contributed by atoms with Crippen molar-refractivity contribution in [1.82, 2.24) is 34.3 Å². The Hall–Kier alpha value is -4.97. The molecular formula is C43H57N7O5. The normalized spacial score (nSPS) is 16.5. The van der Waals surface area contributed by atoms with E-state index in [9.17, 15) is 14.4 Å². The largest absolute Gasteiger partial charge is 0.445 e. The van der Waals surface area contributed by atoms with Gasteiger partial charge in [-0.2, -0.15) is 10.2 Å². The molecule has 0 N–H and O–H groups in total. The highest BCUT2D eigenvalue weighted by molar-refractivity contribution is 5.92. The molecule has 1 saturated heterocycles. The van der Waals surface area contributed by atoms with Gasteiger partial charge in [0.15, 0.2) is 5.78 Å². The lowest BCUT2D eigenvalue weighted by atomic mass is 10.1. The van der Waals surface area contributed by atoms with Crippen LogP contribution in [0.5, 0.6) is 0 Å². The molecule has 3 aliphatic heterocycles. The van der Waals surface area contributed by atoms with Crippen LogP contribution in [0.2, 0.25) is 0 Å². The highest BCUT2D eigenvalue weighted by Gasteiger charge is 2.26. The van der Waals surface area contributed by atoms with Gasteiger partial charge in [-0.15, -0.1) is 0 Å². The molecular weight excluding hydrogens is 695 g/mol. The van der Waals surface area contributed by atoms with Gasteiger partial charge < -0.3 is 19.3 Å². The molecule has 2 aromatic heterocycles. The number of rotatable bonds is 7. The van der Waals surface area contributed by atoms with Gasteiger partial charge in [0.1, 0.15) is 18.9 Å². The number of benzene rings is 2. The Morgan fingerprint density at radius 3 is 1.56 bits per heavy atom. The number of fused-ring (bicyclic) bond motifs is 2. The molecule has 12 nitrogen and oxygen atoms in total. The van der Waals surface area contributed by atoms with Crippen molar-refractivity contribution in [2.45, 2.75) is 119 Å². The number of nitrogens with zero attached hydrogens (tertiary/aromatic N) is 7. The lowest BCUT2D eigenvalue weighted by Gasteiger charge is -2.31. The molecule has 4 aromatic rings. The Morgan fingerprint density at radius 2 is 1.07 bits per heavy atom. The van der Waals surface area contributed by atoms with E-state index in [1.807, 2.05) is 35.6 Å². The van der Waals surface area contributed by atoms with Gasteiger partial charge in [-0.1, -0.05) is 65.1 Å². The van der Waals surface area contributed by atoms with Gasteiger partial charge in [-0.3, -0.25) is 19.1 Å². The summed E-state index contributed by atoms with van der Waals surface area (Å²) in [6.45, 7) is 18.7. The lowest BCUT2D eigenvalue weighted by Crippen LogP contribution is -2.32. The van der Waals surface area contributed by atoms with Crippen LogP contribution in [0.1, 0.15) is 113 Å². The molecule has 1 atom stereocenters. The van der Waals surface area contributed by atoms with Gasteiger partial charge in [-0.25, -0.2) is 9.59 Å². The van der Waals surface area contributed by atoms with E-state index in [1.54, 1.807) is 11.0 Å². The predicted molar refractivity (Wildman–Crippen MR) is 211 cm³/mol. The standard InChI is InChI=1S/C24H34N4O2.C19H23N3O3/c1-18-12-19(2)14-21(13-18)17-30-24(29)27-10-7-11-28-22(16-27)15-23(25-28)20(3)26-8-5-4-6-9-26;1-13-7-14(2)9-16(8-13)12-25-19(24)21-5-4-6-22-17(11-21)10-18(20-22)15(3)23/h12-15,20H,4-11,16-17H2,1-3H3;7-10H,4-6,11-12H2,1-3H3. The third-order valence-electron chi connectivity index (χ3n) is 10.6. The molecule has 5 heterocycles. The van der Waals surface area contributed by atoms with Gasteiger partial charge in [0, 0.05) is 33.1 Å². The summed E-state index contributed by atoms with van der Waals surface area (Å²) in [5, 5.41) is 9.19. The van der Waals surface area contributed by atoms with Crippen molar-refractivity contribution >= 4 is 18.0 Å². The smallest absolute Gasteiger partial charge is 0.410 e. The van der Waals surface area contributed by atoms with E-state index in [2.05, 4.69) is 65.8 Å². The van der Waals surface area contributed by atoms with Crippen molar-refractivity contribution in [1.29, 1.82) is 0 Å². The number of hydrogen-bond donors (Lipinski definition) is 0. The molecule has 0 saturated carbocycles. The van der Waals surface area contributed by atoms with Crippen LogP contribution < -0.4 is 0 Å². The SMILES string of the molecule is CC(=O)c1cc2n(n1)CCCN(C(=O)OCc1cc(C)cc(C)c1)C2.Cc1cc(C)cc(COC(=O)N2CCCn3nc(C(C)N4CCCCC4)cc3C2)c1. The van der Waals surface area contributed by atoms with Gasteiger partial charge in [0.2, 0.25) is 0 Å². The van der Waals surface area contributed by atoms with Crippen LogP contribution in [0.4, 0.5) is 9.59 Å². The van der Waals surface area contributed by atoms with E-state index >= 15 is 0 Å². The maximum absolute atomic E-state index is 12.8. The number of amides is 2. The predicted octanol–water partition coefficient (Wildman–Crippen LogP) is 7.83. The molecule has 2 aromatic carbocycles. The van der Waals surface area contributed by atoms with Gasteiger partial charge >= 0.3 is 12.2 Å². The number of carbonyl (C=O) groups excluding carboxylic acids is 3. The van der Waals surface area contributed by atoms with Crippen molar-refractivity contribution in [3.05, 3.63) is 105 Å². The number of hydrogen-bond acceptors (Lipinski definition) is 8. The molecule has 0 radical (unpaired) electrons. The number of ether oxygens (including phenoxy) is 2. The van der Waals surface area contributed by atoms with Crippen molar-refractivity contribution in [2.75, 3.05) is 26.2 Å². The van der Waals surface area contributed by atoms with Crippen LogP contribution in [0.25, 0.3) is 0 Å². The fourth-order valence-corrected chi connectivity index (χ4v) is 7.90. The highest BCUT2D eigenvalue weighted by Crippen LogP contribution is 2.26. The number of carbonyl (C=O) groups is 3. The minimum absolute atomic E-state index is 0.0653. The van der Waals surface area contributed by atoms with Crippen molar-refractivity contribution in [2.24, 2.45) is 0 Å². The monoisotopic (exact) mass is 751 g/mol. The third kappa shape index (κ3) is 10.6. The Balaban J connectivity index is 0.000000190. The fourth-order valence-electron chi connectivity index (χ4n) is 7.90. The Morgan fingerprint density at radius 1 is 0.600 bits per heavy atom. The van der Waals surface area contributed by atoms with Gasteiger partial charge in [0.05, 0.1) is 36.2 Å². The molecule has 0 spiro atoms. The first-order chi connectivity index (χ1) is 26.4. The van der Waals surface area contributed by atoms with Crippen LogP contribution in [0, 0.1) is 27.7 Å². The van der Waals surface area contributed by atoms with Gasteiger partial charge in [0.25, 0.3) is 0 Å². The molecule has 55 heavy (non-hydrogen) atoms. The second-order valence-corrected chi connectivity index (χ2v) is 15.5. The van der Waals surface area contributed by atoms with E-state index in [0.29, 0.717) is 51.1 Å². The summed E-state index contributed by atoms with van der Waals surface area (Å²) < 4.78 is 15.0. The molecule has 12 heteroatoms. The first kappa shape index (κ1) is 39.7. The average molecular weight is 752 g/mol. The summed E-state index contributed by atoms with van der Waals surface area (Å²) in [6, 6.07) is 16.7. The van der Waals surface area contributed by atoms with Crippen LogP contribution in [-0.2, 0) is 48.9 Å². The molecule has 2 amide bonds. The molecule has 3 aliphatic rings. The number of aromatic nitrogens is 4. The van der Waals surface area contributed by atoms with E-state index in [-0.39, 0.29) is 24.6 Å². The number of likely N-dealkylation sites (tertiary alicyclic amines) is 1. The minimum atomic E-state index is -0.335. The molecule has 294 valence electrons. The van der Waals surface area contributed by atoms with Crippen molar-refractivity contribution in [3.8, 4) is 0 Å². The van der Waals surface area contributed by atoms with Crippen LogP contribution in [0.3, 0.4) is 0 Å². The first-order valence-corrected chi connectivity index (χ1v) is 19.8. The van der Waals surface area contributed by atoms with E-state index in [4.69, 9.17) is 14.6 Å². The third-order valence-corrected chi connectivity index (χ3v) is 10.6. The summed E-state index contributed by atoms with van der Waals surface area (Å²) in [5.41, 5.74) is 10.3. The Labute approximate surface area is 325 Å². The molecule has 7 rings (SSSR count). The van der Waals surface area contributed by atoms with E-state index < -0.39 is 0 Å². The fraction of sp³-hybridized carbons (Fsp3) is 0.512. The zero-order chi connectivity index (χ0) is 39.1. The number of aryl methyl sites for hydroxylation is 6. The molecule has 1 unspecified atom stereocenters. The quantitative estimate of drug-likeness (QED) is 0.176. The molecule has 0 aliphatic carbocycles. The summed E-state index contributed by atoms with van der Waals surface area (Å²) in [6.07, 6.45) is 4.99. The summed E-state index contributed by atoms with van der Waals surface area (Å²) in [5.74, 6) is -0.0653. The summed E-state index contributed by atoms with van der Waals surface area (Å²) in [7, 11) is 0. The number of ketones is 1. The maximum Gasteiger partial charge on any atom is 0.410 e. The number of piperidine rings is 1. The number of Topliss-reactive ketones (excluding diaryl/α,β-unsaturated/α-hetero) is 1. The second kappa shape index (κ2) is 18.1. The maximum atomic E-state index is 12.8. The zero-order valence-electron chi connectivity index (χ0n) is 33.5. The van der Waals surface area contributed by atoms with Gasteiger partial charge in [-0.05, 0) is 96.7 Å². The molecule has 0 bridgehead atoms. The van der Waals surface area contributed by atoms with E-state index in [1.165, 1.54) is 37.3 Å². The first-order valence-electron chi connectivity index (χ1n) is 19.8. The summed E-state index contributed by atoms with van der Waals surface area (Å²) in [4.78, 5) is 42.7. The van der Waals surface area contributed by atoms with E-state index in [0.717, 1.165) is 71.8 Å². The summed E-state index contributed by atoms with van der Waals surface area (Å²) >= 11 is 0. The second-order valence-electron chi connectivity index (χ2n) is 15.5. The van der Waals surface area contributed by atoms with Crippen LogP contribution in [0.15, 0.2) is 48.5 Å². The van der Waals surface area contributed by atoms with Crippen molar-refractivity contribution < 1.29 is 23.9 Å². The topological polar surface area (TPSA) is 115 Å². The zero-order valence-corrected chi connectivity index (χ0v) is 33.5. The Kier molecular flexibility index (Phi) is 13.1. The highest BCUT2D eigenvalue weighted by atomic mass is 16.6. The Bertz CT molecular complexity index is 1940. The average Bonchev–Trinajstić information content (AvgIpc) is 3.61. The minimum Gasteiger partial charge on any atom is -0.445 e. The molecule has 1 fully saturated rings.